The zero-order chi connectivity index (χ0) is 12.3. The number of rotatable bonds is 3. The molecule has 1 heterocycles. The third-order valence-corrected chi connectivity index (χ3v) is 2.08. The molecule has 1 aromatic heterocycles. The minimum Gasteiger partial charge on any atom is -0.460 e. The average Bonchev–Trinajstić information content (AvgIpc) is 2.53. The number of nitrogen functional groups attached to an aromatic ring is 1. The fourth-order valence-electron chi connectivity index (χ4n) is 1.29. The van der Waals surface area contributed by atoms with Crippen molar-refractivity contribution in [1.82, 2.24) is 4.98 Å². The Morgan fingerprint density at radius 3 is 2.62 bits per heavy atom. The second-order valence-corrected chi connectivity index (χ2v) is 3.08. The predicted molar refractivity (Wildman–Crippen MR) is 55.6 cm³/mol. The number of nitrogens with one attached hydrogen (secondary N) is 1. The molecule has 84 valence electrons. The molecule has 0 bridgehead atoms. The molecule has 0 unspecified atom stereocenters. The van der Waals surface area contributed by atoms with Gasteiger partial charge in [0.05, 0.1) is 17.9 Å². The van der Waals surface area contributed by atoms with Gasteiger partial charge in [-0.25, -0.2) is 4.79 Å². The zero-order valence-electron chi connectivity index (χ0n) is 8.96. The van der Waals surface area contributed by atoms with Crippen molar-refractivity contribution in [3.05, 3.63) is 16.8 Å². The molecule has 0 fully saturated rings. The predicted octanol–water partition coefficient (Wildman–Crippen LogP) is 0.523. The van der Waals surface area contributed by atoms with Gasteiger partial charge in [0, 0.05) is 0 Å². The number of nitriles is 1. The Bertz CT molecular complexity index is 482. The second-order valence-electron chi connectivity index (χ2n) is 3.08. The Labute approximate surface area is 92.0 Å². The van der Waals surface area contributed by atoms with Gasteiger partial charge in [0.15, 0.2) is 0 Å². The summed E-state index contributed by atoms with van der Waals surface area (Å²) in [5.74, 6) is -1.71. The van der Waals surface area contributed by atoms with E-state index < -0.39 is 11.8 Å². The third kappa shape index (κ3) is 1.88. The fraction of sp³-hybridized carbons (Fsp3) is 0.300. The van der Waals surface area contributed by atoms with Gasteiger partial charge in [-0.1, -0.05) is 0 Å². The summed E-state index contributed by atoms with van der Waals surface area (Å²) in [5, 5.41) is 8.76. The lowest BCUT2D eigenvalue weighted by Crippen LogP contribution is -2.18. The summed E-state index contributed by atoms with van der Waals surface area (Å²) in [6.07, 6.45) is 0. The summed E-state index contributed by atoms with van der Waals surface area (Å²) in [6, 6.07) is 1.85. The molecule has 16 heavy (non-hydrogen) atoms. The van der Waals surface area contributed by atoms with Crippen LogP contribution in [0, 0.1) is 18.3 Å². The first-order chi connectivity index (χ1) is 7.52. The highest BCUT2D eigenvalue weighted by Gasteiger charge is 2.24. The number of carbonyl (C=O) groups excluding carboxylic acids is 2. The molecular weight excluding hydrogens is 210 g/mol. The lowest BCUT2D eigenvalue weighted by atomic mass is 10.1. The van der Waals surface area contributed by atoms with Gasteiger partial charge in [-0.2, -0.15) is 5.26 Å². The van der Waals surface area contributed by atoms with E-state index in [4.69, 9.17) is 11.0 Å². The molecule has 0 aromatic carbocycles. The first kappa shape index (κ1) is 11.8. The van der Waals surface area contributed by atoms with Gasteiger partial charge in [0.2, 0.25) is 0 Å². The fourth-order valence-corrected chi connectivity index (χ4v) is 1.29. The lowest BCUT2D eigenvalue weighted by Gasteiger charge is -1.99. The summed E-state index contributed by atoms with van der Waals surface area (Å²) in [5.41, 5.74) is 6.02. The highest BCUT2D eigenvalue weighted by Crippen LogP contribution is 2.19. The van der Waals surface area contributed by atoms with Crippen LogP contribution < -0.4 is 5.73 Å². The number of hydrogen-bond acceptors (Lipinski definition) is 5. The normalized spacial score (nSPS) is 9.56. The Kier molecular flexibility index (Phi) is 3.30. The summed E-state index contributed by atoms with van der Waals surface area (Å²) in [7, 11) is 0. The molecule has 0 aliphatic rings. The topological polar surface area (TPSA) is 109 Å². The van der Waals surface area contributed by atoms with Crippen molar-refractivity contribution >= 4 is 17.6 Å². The van der Waals surface area contributed by atoms with Crippen LogP contribution >= 0.6 is 0 Å². The summed E-state index contributed by atoms with van der Waals surface area (Å²) in [6.45, 7) is 3.25. The molecule has 0 saturated carbocycles. The summed E-state index contributed by atoms with van der Waals surface area (Å²) in [4.78, 5) is 25.3. The van der Waals surface area contributed by atoms with Crippen molar-refractivity contribution in [3.8, 4) is 6.07 Å². The van der Waals surface area contributed by atoms with Gasteiger partial charge in [0.1, 0.15) is 11.9 Å². The number of carbonyl (C=O) groups is 2. The first-order valence-corrected chi connectivity index (χ1v) is 4.62. The number of anilines is 1. The molecule has 6 nitrogen and oxygen atoms in total. The standard InChI is InChI=1S/C10H11N3O3/c1-3-16-10(15)8(14)7-5(2)6(4-11)9(12)13-7/h13H,3,12H2,1-2H3. The maximum atomic E-state index is 11.6. The van der Waals surface area contributed by atoms with Crippen LogP contribution in [0.15, 0.2) is 0 Å². The SMILES string of the molecule is CCOC(=O)C(=O)c1[nH]c(N)c(C#N)c1C. The number of nitrogens with two attached hydrogens (primary N) is 1. The van der Waals surface area contributed by atoms with E-state index in [0.717, 1.165) is 0 Å². The van der Waals surface area contributed by atoms with Crippen molar-refractivity contribution in [3.63, 3.8) is 0 Å². The molecule has 3 N–H and O–H groups in total. The summed E-state index contributed by atoms with van der Waals surface area (Å²) < 4.78 is 4.56. The summed E-state index contributed by atoms with van der Waals surface area (Å²) >= 11 is 0. The van der Waals surface area contributed by atoms with Crippen molar-refractivity contribution in [2.45, 2.75) is 13.8 Å². The third-order valence-electron chi connectivity index (χ3n) is 2.08. The van der Waals surface area contributed by atoms with Crippen LogP contribution in [0.5, 0.6) is 0 Å². The van der Waals surface area contributed by atoms with Gasteiger partial charge >= 0.3 is 5.97 Å². The second kappa shape index (κ2) is 4.49. The van der Waals surface area contributed by atoms with E-state index in [1.54, 1.807) is 6.92 Å². The van der Waals surface area contributed by atoms with Crippen LogP contribution in [-0.2, 0) is 9.53 Å². The van der Waals surface area contributed by atoms with E-state index in [1.807, 2.05) is 6.07 Å². The Morgan fingerprint density at radius 1 is 1.56 bits per heavy atom. The largest absolute Gasteiger partial charge is 0.460 e. The number of H-pyrrole nitrogens is 1. The first-order valence-electron chi connectivity index (χ1n) is 4.62. The molecule has 1 aromatic rings. The van der Waals surface area contributed by atoms with Crippen molar-refractivity contribution in [2.75, 3.05) is 12.3 Å². The van der Waals surface area contributed by atoms with Crippen molar-refractivity contribution < 1.29 is 14.3 Å². The monoisotopic (exact) mass is 221 g/mol. The Morgan fingerprint density at radius 2 is 2.19 bits per heavy atom. The number of ketones is 1. The van der Waals surface area contributed by atoms with Crippen LogP contribution in [0.3, 0.4) is 0 Å². The molecule has 0 atom stereocenters. The smallest absolute Gasteiger partial charge is 0.381 e. The van der Waals surface area contributed by atoms with E-state index in [0.29, 0.717) is 5.56 Å². The van der Waals surface area contributed by atoms with E-state index in [1.165, 1.54) is 6.92 Å². The molecule has 0 spiro atoms. The number of aromatic amines is 1. The lowest BCUT2D eigenvalue weighted by molar-refractivity contribution is -0.137. The maximum Gasteiger partial charge on any atom is 0.381 e. The molecule has 1 rings (SSSR count). The molecule has 6 heteroatoms. The molecular formula is C10H11N3O3. The van der Waals surface area contributed by atoms with Gasteiger partial charge in [-0.15, -0.1) is 0 Å². The Balaban J connectivity index is 3.12. The van der Waals surface area contributed by atoms with Crippen LogP contribution in [0.1, 0.15) is 28.5 Å². The van der Waals surface area contributed by atoms with Crippen LogP contribution in [0.25, 0.3) is 0 Å². The quantitative estimate of drug-likeness (QED) is 0.439. The van der Waals surface area contributed by atoms with Crippen LogP contribution in [0.2, 0.25) is 0 Å². The number of nitrogens with zero attached hydrogens (tertiary/aromatic N) is 1. The maximum absolute atomic E-state index is 11.6. The van der Waals surface area contributed by atoms with E-state index in [2.05, 4.69) is 9.72 Å². The van der Waals surface area contributed by atoms with Gasteiger partial charge in [-0.3, -0.25) is 4.79 Å². The van der Waals surface area contributed by atoms with Crippen molar-refractivity contribution in [2.24, 2.45) is 0 Å². The van der Waals surface area contributed by atoms with Crippen LogP contribution in [0.4, 0.5) is 5.82 Å². The highest BCUT2D eigenvalue weighted by molar-refractivity contribution is 6.40. The average molecular weight is 221 g/mol. The molecule has 0 amide bonds. The van der Waals surface area contributed by atoms with Gasteiger partial charge < -0.3 is 15.5 Å². The van der Waals surface area contributed by atoms with E-state index in [-0.39, 0.29) is 23.7 Å². The molecule has 0 radical (unpaired) electrons. The molecule has 0 aliphatic heterocycles. The van der Waals surface area contributed by atoms with Crippen LogP contribution in [-0.4, -0.2) is 23.3 Å². The minimum atomic E-state index is -0.962. The zero-order valence-corrected chi connectivity index (χ0v) is 8.96. The van der Waals surface area contributed by atoms with Crippen molar-refractivity contribution in [1.29, 1.82) is 5.26 Å². The molecule has 0 aliphatic carbocycles. The minimum absolute atomic E-state index is 0.00694. The van der Waals surface area contributed by atoms with Gasteiger partial charge in [0.25, 0.3) is 5.78 Å². The number of hydrogen-bond donors (Lipinski definition) is 2. The Hall–Kier alpha value is -2.29. The highest BCUT2D eigenvalue weighted by atomic mass is 16.5. The number of Topliss-reactive ketones (excluding diaryl/α,β-unsaturated/α-hetero) is 1. The number of ether oxygens (including phenoxy) is 1. The number of esters is 1. The molecule has 0 saturated heterocycles. The van der Waals surface area contributed by atoms with E-state index >= 15 is 0 Å². The number of aromatic nitrogens is 1. The van der Waals surface area contributed by atoms with Gasteiger partial charge in [-0.05, 0) is 19.4 Å². The van der Waals surface area contributed by atoms with E-state index in [9.17, 15) is 9.59 Å².